The molecule has 128 valence electrons. The maximum Gasteiger partial charge on any atom is 0.272 e. The van der Waals surface area contributed by atoms with Crippen LogP contribution in [0.1, 0.15) is 16.1 Å². The Bertz CT molecular complexity index is 856. The topological polar surface area (TPSA) is 75.5 Å². The van der Waals surface area contributed by atoms with Crippen LogP contribution in [-0.4, -0.2) is 34.5 Å². The van der Waals surface area contributed by atoms with Crippen LogP contribution in [0, 0.1) is 5.82 Å². The highest BCUT2D eigenvalue weighted by molar-refractivity contribution is 5.95. The molecule has 0 aliphatic heterocycles. The first-order chi connectivity index (χ1) is 12.1. The molecule has 7 heteroatoms. The molecule has 3 aromatic rings. The standard InChI is InChI=1S/C18H17FN4O2/c19-14-6-4-13(5-7-14)8-9-20-17(24)12-21-18(25)16-11-15-3-1-2-10-23(15)22-16/h1-7,10-11H,8-9,12H2,(H,20,24)(H,21,25). The summed E-state index contributed by atoms with van der Waals surface area (Å²) < 4.78 is 14.4. The van der Waals surface area contributed by atoms with Crippen molar-refractivity contribution in [1.82, 2.24) is 20.2 Å². The van der Waals surface area contributed by atoms with Gasteiger partial charge in [0.05, 0.1) is 12.1 Å². The minimum Gasteiger partial charge on any atom is -0.354 e. The third-order valence-electron chi connectivity index (χ3n) is 3.66. The summed E-state index contributed by atoms with van der Waals surface area (Å²) in [6, 6.07) is 13.3. The molecule has 0 bridgehead atoms. The lowest BCUT2D eigenvalue weighted by molar-refractivity contribution is -0.120. The van der Waals surface area contributed by atoms with E-state index in [4.69, 9.17) is 0 Å². The summed E-state index contributed by atoms with van der Waals surface area (Å²) in [5.74, 6) is -0.987. The number of amides is 2. The number of rotatable bonds is 6. The van der Waals surface area contributed by atoms with Crippen LogP contribution in [0.5, 0.6) is 0 Å². The molecule has 2 heterocycles. The smallest absolute Gasteiger partial charge is 0.272 e. The van der Waals surface area contributed by atoms with Crippen molar-refractivity contribution in [3.8, 4) is 0 Å². The highest BCUT2D eigenvalue weighted by Crippen LogP contribution is 2.05. The molecule has 25 heavy (non-hydrogen) atoms. The molecule has 0 aliphatic carbocycles. The Kier molecular flexibility index (Phi) is 5.03. The number of carbonyl (C=O) groups excluding carboxylic acids is 2. The number of hydrogen-bond donors (Lipinski definition) is 2. The zero-order valence-electron chi connectivity index (χ0n) is 13.4. The minimum absolute atomic E-state index is 0.129. The van der Waals surface area contributed by atoms with Crippen LogP contribution in [-0.2, 0) is 11.2 Å². The summed E-state index contributed by atoms with van der Waals surface area (Å²) in [6.45, 7) is 0.283. The highest BCUT2D eigenvalue weighted by Gasteiger charge is 2.11. The predicted octanol–water partition coefficient (Wildman–Crippen LogP) is 1.56. The maximum absolute atomic E-state index is 12.8. The van der Waals surface area contributed by atoms with Gasteiger partial charge in [-0.2, -0.15) is 5.10 Å². The van der Waals surface area contributed by atoms with Crippen LogP contribution in [0.2, 0.25) is 0 Å². The van der Waals surface area contributed by atoms with Crippen LogP contribution in [0.3, 0.4) is 0 Å². The van der Waals surface area contributed by atoms with Gasteiger partial charge < -0.3 is 10.6 Å². The van der Waals surface area contributed by atoms with E-state index in [0.717, 1.165) is 11.1 Å². The molecule has 0 unspecified atom stereocenters. The molecule has 2 aromatic heterocycles. The Morgan fingerprint density at radius 3 is 2.64 bits per heavy atom. The molecule has 2 amide bonds. The molecule has 0 spiro atoms. The summed E-state index contributed by atoms with van der Waals surface area (Å²) in [5.41, 5.74) is 1.98. The average Bonchev–Trinajstić information content (AvgIpc) is 3.05. The number of hydrogen-bond acceptors (Lipinski definition) is 3. The van der Waals surface area contributed by atoms with Crippen molar-refractivity contribution in [3.63, 3.8) is 0 Å². The van der Waals surface area contributed by atoms with Gasteiger partial charge in [-0.1, -0.05) is 18.2 Å². The predicted molar refractivity (Wildman–Crippen MR) is 90.6 cm³/mol. The first kappa shape index (κ1) is 16.6. The lowest BCUT2D eigenvalue weighted by Crippen LogP contribution is -2.37. The molecule has 0 radical (unpaired) electrons. The second kappa shape index (κ2) is 7.57. The second-order valence-electron chi connectivity index (χ2n) is 5.51. The third-order valence-corrected chi connectivity index (χ3v) is 3.66. The summed E-state index contributed by atoms with van der Waals surface area (Å²) in [7, 11) is 0. The monoisotopic (exact) mass is 340 g/mol. The molecule has 6 nitrogen and oxygen atoms in total. The van der Waals surface area contributed by atoms with E-state index in [1.807, 2.05) is 18.2 Å². The molecule has 0 fully saturated rings. The second-order valence-corrected chi connectivity index (χ2v) is 5.51. The Morgan fingerprint density at radius 2 is 1.88 bits per heavy atom. The van der Waals surface area contributed by atoms with Crippen molar-refractivity contribution in [3.05, 3.63) is 71.8 Å². The van der Waals surface area contributed by atoms with Gasteiger partial charge >= 0.3 is 0 Å². The minimum atomic E-state index is -0.405. The maximum atomic E-state index is 12.8. The van der Waals surface area contributed by atoms with Crippen LogP contribution in [0.25, 0.3) is 5.52 Å². The number of pyridine rings is 1. The Balaban J connectivity index is 1.43. The molecular weight excluding hydrogens is 323 g/mol. The Labute approximate surface area is 143 Å². The molecule has 0 atom stereocenters. The van der Waals surface area contributed by atoms with Crippen molar-refractivity contribution >= 4 is 17.3 Å². The summed E-state index contributed by atoms with van der Waals surface area (Å²) in [4.78, 5) is 23.8. The lowest BCUT2D eigenvalue weighted by atomic mass is 10.1. The fourth-order valence-electron chi connectivity index (χ4n) is 2.36. The van der Waals surface area contributed by atoms with Gasteiger partial charge in [0.1, 0.15) is 5.82 Å². The van der Waals surface area contributed by atoms with Gasteiger partial charge in [0.15, 0.2) is 5.69 Å². The van der Waals surface area contributed by atoms with Crippen LogP contribution >= 0.6 is 0 Å². The van der Waals surface area contributed by atoms with Gasteiger partial charge in [-0.25, -0.2) is 8.91 Å². The number of halogens is 1. The normalized spacial score (nSPS) is 10.6. The molecule has 3 rings (SSSR count). The number of carbonyl (C=O) groups is 2. The summed E-state index contributed by atoms with van der Waals surface area (Å²) in [5, 5.41) is 9.39. The van der Waals surface area contributed by atoms with E-state index in [2.05, 4.69) is 15.7 Å². The first-order valence-electron chi connectivity index (χ1n) is 7.85. The van der Waals surface area contributed by atoms with Crippen LogP contribution < -0.4 is 10.6 Å². The highest BCUT2D eigenvalue weighted by atomic mass is 19.1. The van der Waals surface area contributed by atoms with Gasteiger partial charge in [0.2, 0.25) is 5.91 Å². The number of nitrogens with one attached hydrogen (secondary N) is 2. The molecular formula is C18H17FN4O2. The Hall–Kier alpha value is -3.22. The van der Waals surface area contributed by atoms with Crippen molar-refractivity contribution in [2.75, 3.05) is 13.1 Å². The van der Waals surface area contributed by atoms with E-state index >= 15 is 0 Å². The van der Waals surface area contributed by atoms with Gasteiger partial charge in [-0.05, 0) is 42.3 Å². The largest absolute Gasteiger partial charge is 0.354 e. The van der Waals surface area contributed by atoms with E-state index in [0.29, 0.717) is 13.0 Å². The van der Waals surface area contributed by atoms with E-state index in [1.54, 1.807) is 28.9 Å². The molecule has 2 N–H and O–H groups in total. The Morgan fingerprint density at radius 1 is 1.08 bits per heavy atom. The van der Waals surface area contributed by atoms with Crippen LogP contribution in [0.15, 0.2) is 54.7 Å². The van der Waals surface area contributed by atoms with E-state index in [1.165, 1.54) is 12.1 Å². The zero-order chi connectivity index (χ0) is 17.6. The summed E-state index contributed by atoms with van der Waals surface area (Å²) in [6.07, 6.45) is 2.33. The van der Waals surface area contributed by atoms with E-state index in [-0.39, 0.29) is 24.0 Å². The van der Waals surface area contributed by atoms with E-state index < -0.39 is 5.91 Å². The van der Waals surface area contributed by atoms with Gasteiger partial charge in [0.25, 0.3) is 5.91 Å². The average molecular weight is 340 g/mol. The van der Waals surface area contributed by atoms with Crippen molar-refractivity contribution < 1.29 is 14.0 Å². The lowest BCUT2D eigenvalue weighted by Gasteiger charge is -2.06. The molecule has 0 saturated carbocycles. The molecule has 0 saturated heterocycles. The third kappa shape index (κ3) is 4.41. The molecule has 1 aromatic carbocycles. The van der Waals surface area contributed by atoms with Crippen LogP contribution in [0.4, 0.5) is 4.39 Å². The zero-order valence-corrected chi connectivity index (χ0v) is 13.4. The van der Waals surface area contributed by atoms with Crippen molar-refractivity contribution in [2.24, 2.45) is 0 Å². The van der Waals surface area contributed by atoms with Gasteiger partial charge in [0, 0.05) is 12.7 Å². The molecule has 0 aliphatic rings. The fraction of sp³-hybridized carbons (Fsp3) is 0.167. The quantitative estimate of drug-likeness (QED) is 0.715. The fourth-order valence-corrected chi connectivity index (χ4v) is 2.36. The number of aromatic nitrogens is 2. The number of nitrogens with zero attached hydrogens (tertiary/aromatic N) is 2. The van der Waals surface area contributed by atoms with Gasteiger partial charge in [-0.15, -0.1) is 0 Å². The first-order valence-corrected chi connectivity index (χ1v) is 7.85. The van der Waals surface area contributed by atoms with Crippen molar-refractivity contribution in [1.29, 1.82) is 0 Å². The van der Waals surface area contributed by atoms with E-state index in [9.17, 15) is 14.0 Å². The van der Waals surface area contributed by atoms with Crippen molar-refractivity contribution in [2.45, 2.75) is 6.42 Å². The number of fused-ring (bicyclic) bond motifs is 1. The SMILES string of the molecule is O=C(CNC(=O)c1cc2ccccn2n1)NCCc1ccc(F)cc1. The summed E-state index contributed by atoms with van der Waals surface area (Å²) >= 11 is 0. The van der Waals surface area contributed by atoms with Gasteiger partial charge in [-0.3, -0.25) is 9.59 Å². The number of benzene rings is 1.